The van der Waals surface area contributed by atoms with Crippen molar-refractivity contribution in [3.05, 3.63) is 29.8 Å². The van der Waals surface area contributed by atoms with Gasteiger partial charge < -0.3 is 10.6 Å². The van der Waals surface area contributed by atoms with E-state index in [4.69, 9.17) is 0 Å². The van der Waals surface area contributed by atoms with E-state index in [1.807, 2.05) is 23.9 Å². The smallest absolute Gasteiger partial charge is 0.243 e. The molecule has 1 aromatic rings. The number of thioether (sulfide) groups is 1. The summed E-state index contributed by atoms with van der Waals surface area (Å²) in [5, 5.41) is 6.72. The molecule has 2 heterocycles. The lowest BCUT2D eigenvalue weighted by Crippen LogP contribution is -2.43. The van der Waals surface area contributed by atoms with E-state index < -0.39 is 10.0 Å². The summed E-state index contributed by atoms with van der Waals surface area (Å²) in [6, 6.07) is 7.24. The summed E-state index contributed by atoms with van der Waals surface area (Å²) >= 11 is 2.01. The number of hydrogen-bond acceptors (Lipinski definition) is 4. The van der Waals surface area contributed by atoms with Crippen LogP contribution in [0.15, 0.2) is 34.2 Å². The van der Waals surface area contributed by atoms with Crippen molar-refractivity contribution in [2.45, 2.75) is 55.2 Å². The fourth-order valence-corrected chi connectivity index (χ4v) is 6.56. The van der Waals surface area contributed by atoms with Gasteiger partial charge in [0.1, 0.15) is 0 Å². The van der Waals surface area contributed by atoms with Gasteiger partial charge in [-0.05, 0) is 56.1 Å². The first-order chi connectivity index (χ1) is 13.4. The molecule has 0 amide bonds. The van der Waals surface area contributed by atoms with Crippen LogP contribution in [-0.4, -0.2) is 55.9 Å². The van der Waals surface area contributed by atoms with E-state index in [-0.39, 0.29) is 4.75 Å². The molecule has 0 radical (unpaired) electrons. The molecule has 1 atom stereocenters. The highest BCUT2D eigenvalue weighted by Crippen LogP contribution is 2.36. The number of aliphatic imine (C=N–C) groups is 1. The SMILES string of the molecule is CN=C(NCc1cccc(S(=O)(=O)N2CCCCC2)c1)NCC1(C)CCCS1. The van der Waals surface area contributed by atoms with Crippen molar-refractivity contribution < 1.29 is 8.42 Å². The van der Waals surface area contributed by atoms with Crippen molar-refractivity contribution in [1.82, 2.24) is 14.9 Å². The van der Waals surface area contributed by atoms with E-state index in [0.717, 1.165) is 37.3 Å². The number of sulfonamides is 1. The van der Waals surface area contributed by atoms with Crippen LogP contribution in [0.25, 0.3) is 0 Å². The number of guanidine groups is 1. The largest absolute Gasteiger partial charge is 0.355 e. The average Bonchev–Trinajstić information content (AvgIpc) is 3.16. The van der Waals surface area contributed by atoms with Gasteiger partial charge in [-0.2, -0.15) is 16.1 Å². The summed E-state index contributed by atoms with van der Waals surface area (Å²) in [7, 11) is -1.64. The van der Waals surface area contributed by atoms with Crippen molar-refractivity contribution in [3.63, 3.8) is 0 Å². The van der Waals surface area contributed by atoms with Crippen molar-refractivity contribution in [2.75, 3.05) is 32.4 Å². The van der Waals surface area contributed by atoms with Crippen LogP contribution < -0.4 is 10.6 Å². The van der Waals surface area contributed by atoms with Crippen LogP contribution in [0.3, 0.4) is 0 Å². The van der Waals surface area contributed by atoms with E-state index >= 15 is 0 Å². The minimum Gasteiger partial charge on any atom is -0.355 e. The molecule has 6 nitrogen and oxygen atoms in total. The second kappa shape index (κ2) is 9.50. The molecule has 0 aromatic heterocycles. The van der Waals surface area contributed by atoms with Gasteiger partial charge in [-0.3, -0.25) is 4.99 Å². The maximum absolute atomic E-state index is 12.9. The highest BCUT2D eigenvalue weighted by atomic mass is 32.2. The first-order valence-electron chi connectivity index (χ1n) is 10.1. The molecular formula is C20H32N4O2S2. The number of nitrogens with zero attached hydrogens (tertiary/aromatic N) is 2. The normalized spacial score (nSPS) is 24.3. The monoisotopic (exact) mass is 424 g/mol. The molecule has 2 aliphatic heterocycles. The molecule has 156 valence electrons. The molecule has 28 heavy (non-hydrogen) atoms. The summed E-state index contributed by atoms with van der Waals surface area (Å²) in [5.41, 5.74) is 0.933. The molecule has 1 unspecified atom stereocenters. The van der Waals surface area contributed by atoms with Gasteiger partial charge in [-0.25, -0.2) is 8.42 Å². The molecule has 2 aliphatic rings. The Labute approximate surface area is 173 Å². The molecule has 0 bridgehead atoms. The minimum atomic E-state index is -3.40. The van der Waals surface area contributed by atoms with Crippen LogP contribution >= 0.6 is 11.8 Å². The van der Waals surface area contributed by atoms with E-state index in [1.54, 1.807) is 23.5 Å². The van der Waals surface area contributed by atoms with Crippen molar-refractivity contribution in [2.24, 2.45) is 4.99 Å². The Bertz CT molecular complexity index is 783. The Hall–Kier alpha value is -1.25. The van der Waals surface area contributed by atoms with Crippen LogP contribution in [0, 0.1) is 0 Å². The van der Waals surface area contributed by atoms with Gasteiger partial charge in [0.05, 0.1) is 4.90 Å². The predicted octanol–water partition coefficient (Wildman–Crippen LogP) is 2.81. The van der Waals surface area contributed by atoms with E-state index in [9.17, 15) is 8.42 Å². The molecule has 2 fully saturated rings. The van der Waals surface area contributed by atoms with Crippen LogP contribution in [0.4, 0.5) is 0 Å². The molecule has 1 aromatic carbocycles. The first-order valence-corrected chi connectivity index (χ1v) is 12.5. The Balaban J connectivity index is 1.59. The molecule has 2 N–H and O–H groups in total. The number of benzene rings is 1. The maximum Gasteiger partial charge on any atom is 0.243 e. The second-order valence-corrected chi connectivity index (χ2v) is 11.4. The Morgan fingerprint density at radius 3 is 2.68 bits per heavy atom. The zero-order valence-electron chi connectivity index (χ0n) is 16.9. The molecule has 0 spiro atoms. The maximum atomic E-state index is 12.9. The van der Waals surface area contributed by atoms with E-state index in [0.29, 0.717) is 24.5 Å². The third-order valence-corrected chi connectivity index (χ3v) is 8.90. The Morgan fingerprint density at radius 2 is 2.00 bits per heavy atom. The highest BCUT2D eigenvalue weighted by Gasteiger charge is 2.29. The average molecular weight is 425 g/mol. The third kappa shape index (κ3) is 5.42. The Kier molecular flexibility index (Phi) is 7.28. The van der Waals surface area contributed by atoms with E-state index in [1.165, 1.54) is 18.6 Å². The van der Waals surface area contributed by atoms with E-state index in [2.05, 4.69) is 22.5 Å². The van der Waals surface area contributed by atoms with Crippen LogP contribution in [-0.2, 0) is 16.6 Å². The number of piperidine rings is 1. The standard InChI is InChI=1S/C20H32N4O2S2/c1-20(10-7-13-27-20)16-23-19(21-2)22-15-17-8-6-9-18(14-17)28(25,26)24-11-4-3-5-12-24/h6,8-9,14H,3-5,7,10-13,15-16H2,1-2H3,(H2,21,22,23). The van der Waals surface area contributed by atoms with Gasteiger partial charge in [-0.15, -0.1) is 0 Å². The minimum absolute atomic E-state index is 0.264. The lowest BCUT2D eigenvalue weighted by Gasteiger charge is -2.26. The summed E-state index contributed by atoms with van der Waals surface area (Å²) in [4.78, 5) is 4.68. The Morgan fingerprint density at radius 1 is 1.21 bits per heavy atom. The predicted molar refractivity (Wildman–Crippen MR) is 117 cm³/mol. The van der Waals surface area contributed by atoms with Gasteiger partial charge in [0.2, 0.25) is 10.0 Å². The molecule has 3 rings (SSSR count). The third-order valence-electron chi connectivity index (χ3n) is 5.47. The molecule has 0 saturated carbocycles. The molecule has 8 heteroatoms. The van der Waals surface area contributed by atoms with Crippen molar-refractivity contribution >= 4 is 27.7 Å². The molecule has 2 saturated heterocycles. The zero-order valence-corrected chi connectivity index (χ0v) is 18.5. The lowest BCUT2D eigenvalue weighted by molar-refractivity contribution is 0.346. The topological polar surface area (TPSA) is 73.8 Å². The van der Waals surface area contributed by atoms with Crippen LogP contribution in [0.2, 0.25) is 0 Å². The van der Waals surface area contributed by atoms with Gasteiger partial charge in [-0.1, -0.05) is 18.6 Å². The molecular weight excluding hydrogens is 392 g/mol. The number of rotatable bonds is 6. The molecule has 0 aliphatic carbocycles. The first kappa shape index (κ1) is 21.5. The van der Waals surface area contributed by atoms with Crippen LogP contribution in [0.5, 0.6) is 0 Å². The van der Waals surface area contributed by atoms with Gasteiger partial charge in [0.25, 0.3) is 0 Å². The summed E-state index contributed by atoms with van der Waals surface area (Å²) in [6.45, 7) is 4.95. The van der Waals surface area contributed by atoms with Crippen molar-refractivity contribution in [3.8, 4) is 0 Å². The number of nitrogens with one attached hydrogen (secondary N) is 2. The van der Waals surface area contributed by atoms with Crippen LogP contribution in [0.1, 0.15) is 44.6 Å². The summed E-state index contributed by atoms with van der Waals surface area (Å²) in [6.07, 6.45) is 5.49. The number of hydrogen-bond donors (Lipinski definition) is 2. The lowest BCUT2D eigenvalue weighted by atomic mass is 10.1. The summed E-state index contributed by atoms with van der Waals surface area (Å²) < 4.78 is 27.7. The fourth-order valence-electron chi connectivity index (χ4n) is 3.72. The summed E-state index contributed by atoms with van der Waals surface area (Å²) in [5.74, 6) is 1.97. The fraction of sp³-hybridized carbons (Fsp3) is 0.650. The zero-order chi connectivity index (χ0) is 20.0. The second-order valence-electron chi connectivity index (χ2n) is 7.79. The van der Waals surface area contributed by atoms with Gasteiger partial charge in [0, 0.05) is 38.0 Å². The van der Waals surface area contributed by atoms with Crippen molar-refractivity contribution in [1.29, 1.82) is 0 Å². The van der Waals surface area contributed by atoms with Gasteiger partial charge in [0.15, 0.2) is 5.96 Å². The van der Waals surface area contributed by atoms with Gasteiger partial charge >= 0.3 is 0 Å². The highest BCUT2D eigenvalue weighted by molar-refractivity contribution is 8.00. The quantitative estimate of drug-likeness (QED) is 0.543.